The van der Waals surface area contributed by atoms with E-state index in [1.807, 2.05) is 6.07 Å². The van der Waals surface area contributed by atoms with Crippen molar-refractivity contribution in [3.63, 3.8) is 0 Å². The van der Waals surface area contributed by atoms with E-state index in [0.717, 1.165) is 0 Å². The lowest BCUT2D eigenvalue weighted by atomic mass is 10.1. The molecule has 0 saturated heterocycles. The highest BCUT2D eigenvalue weighted by molar-refractivity contribution is 5.81. The Kier molecular flexibility index (Phi) is 6.02. The molecule has 0 bridgehead atoms. The first kappa shape index (κ1) is 15.2. The fourth-order valence-corrected chi connectivity index (χ4v) is 1.89. The van der Waals surface area contributed by atoms with Crippen LogP contribution in [0.2, 0.25) is 0 Å². The SMILES string of the molecule is CCOC(=O)C(O)C(CC)N(C=O)c1ccccc1. The number of ether oxygens (including phenoxy) is 1. The summed E-state index contributed by atoms with van der Waals surface area (Å²) in [7, 11) is 0. The molecule has 19 heavy (non-hydrogen) atoms. The summed E-state index contributed by atoms with van der Waals surface area (Å²) in [5.74, 6) is -0.711. The van der Waals surface area contributed by atoms with Crippen molar-refractivity contribution < 1.29 is 19.4 Å². The molecule has 1 rings (SSSR count). The first-order valence-electron chi connectivity index (χ1n) is 6.29. The number of carbonyl (C=O) groups excluding carboxylic acids is 2. The van der Waals surface area contributed by atoms with Gasteiger partial charge in [-0.15, -0.1) is 0 Å². The molecule has 1 amide bonds. The van der Waals surface area contributed by atoms with Crippen LogP contribution in [0.4, 0.5) is 5.69 Å². The summed E-state index contributed by atoms with van der Waals surface area (Å²) >= 11 is 0. The van der Waals surface area contributed by atoms with E-state index in [2.05, 4.69) is 0 Å². The smallest absolute Gasteiger partial charge is 0.337 e. The fourth-order valence-electron chi connectivity index (χ4n) is 1.89. The van der Waals surface area contributed by atoms with Gasteiger partial charge in [0, 0.05) is 5.69 Å². The summed E-state index contributed by atoms with van der Waals surface area (Å²) in [5.41, 5.74) is 0.632. The van der Waals surface area contributed by atoms with Crippen LogP contribution in [0.3, 0.4) is 0 Å². The summed E-state index contributed by atoms with van der Waals surface area (Å²) < 4.78 is 4.79. The van der Waals surface area contributed by atoms with Crippen LogP contribution < -0.4 is 4.90 Å². The number of hydrogen-bond acceptors (Lipinski definition) is 4. The molecule has 0 spiro atoms. The van der Waals surface area contributed by atoms with Crippen LogP contribution in [-0.2, 0) is 14.3 Å². The highest BCUT2D eigenvalue weighted by atomic mass is 16.5. The second-order valence-corrected chi connectivity index (χ2v) is 4.02. The van der Waals surface area contributed by atoms with Crippen LogP contribution in [0, 0.1) is 0 Å². The Morgan fingerprint density at radius 3 is 2.47 bits per heavy atom. The summed E-state index contributed by atoms with van der Waals surface area (Å²) in [6.45, 7) is 3.66. The number of aliphatic hydroxyl groups is 1. The van der Waals surface area contributed by atoms with E-state index in [0.29, 0.717) is 18.5 Å². The maximum Gasteiger partial charge on any atom is 0.337 e. The van der Waals surface area contributed by atoms with Crippen LogP contribution in [-0.4, -0.2) is 36.2 Å². The van der Waals surface area contributed by atoms with Crippen molar-refractivity contribution in [3.8, 4) is 0 Å². The number of para-hydroxylation sites is 1. The van der Waals surface area contributed by atoms with Crippen molar-refractivity contribution in [2.24, 2.45) is 0 Å². The van der Waals surface area contributed by atoms with Gasteiger partial charge in [0.05, 0.1) is 12.6 Å². The number of aliphatic hydroxyl groups excluding tert-OH is 1. The number of esters is 1. The summed E-state index contributed by atoms with van der Waals surface area (Å²) in [6, 6.07) is 8.25. The van der Waals surface area contributed by atoms with Crippen LogP contribution in [0.1, 0.15) is 20.3 Å². The van der Waals surface area contributed by atoms with Crippen LogP contribution in [0.15, 0.2) is 30.3 Å². The standard InChI is InChI=1S/C14H19NO4/c1-3-12(13(17)14(18)19-4-2)15(10-16)11-8-6-5-7-9-11/h5-10,12-13,17H,3-4H2,1-2H3. The fraction of sp³-hybridized carbons (Fsp3) is 0.429. The molecule has 1 aromatic rings. The highest BCUT2D eigenvalue weighted by Gasteiger charge is 2.31. The van der Waals surface area contributed by atoms with Gasteiger partial charge >= 0.3 is 5.97 Å². The molecule has 0 aliphatic carbocycles. The summed E-state index contributed by atoms with van der Waals surface area (Å²) in [6.07, 6.45) is -0.296. The predicted molar refractivity (Wildman–Crippen MR) is 71.7 cm³/mol. The molecule has 0 aliphatic heterocycles. The van der Waals surface area contributed by atoms with Crippen molar-refractivity contribution in [1.82, 2.24) is 0 Å². The van der Waals surface area contributed by atoms with Gasteiger partial charge in [-0.1, -0.05) is 25.1 Å². The van der Waals surface area contributed by atoms with Gasteiger partial charge in [-0.2, -0.15) is 0 Å². The Hall–Kier alpha value is -1.88. The zero-order chi connectivity index (χ0) is 14.3. The quantitative estimate of drug-likeness (QED) is 0.597. The zero-order valence-electron chi connectivity index (χ0n) is 11.2. The van der Waals surface area contributed by atoms with E-state index in [9.17, 15) is 14.7 Å². The predicted octanol–water partition coefficient (Wildman–Crippen LogP) is 1.35. The molecule has 2 atom stereocenters. The third kappa shape index (κ3) is 3.79. The molecule has 104 valence electrons. The highest BCUT2D eigenvalue weighted by Crippen LogP contribution is 2.19. The van der Waals surface area contributed by atoms with E-state index in [1.165, 1.54) is 4.90 Å². The topological polar surface area (TPSA) is 66.8 Å². The first-order valence-corrected chi connectivity index (χ1v) is 6.29. The van der Waals surface area contributed by atoms with E-state index in [-0.39, 0.29) is 6.61 Å². The third-order valence-corrected chi connectivity index (χ3v) is 2.84. The van der Waals surface area contributed by atoms with Crippen molar-refractivity contribution in [2.75, 3.05) is 11.5 Å². The van der Waals surface area contributed by atoms with Gasteiger partial charge in [0.15, 0.2) is 6.10 Å². The number of hydrogen-bond donors (Lipinski definition) is 1. The molecule has 0 heterocycles. The second kappa shape index (κ2) is 7.53. The number of amides is 1. The Balaban J connectivity index is 2.93. The van der Waals surface area contributed by atoms with Crippen molar-refractivity contribution in [3.05, 3.63) is 30.3 Å². The Bertz CT molecular complexity index is 407. The number of carbonyl (C=O) groups is 2. The normalized spacial score (nSPS) is 13.4. The molecule has 1 N–H and O–H groups in total. The molecule has 5 heteroatoms. The third-order valence-electron chi connectivity index (χ3n) is 2.84. The molecule has 0 saturated carbocycles. The van der Waals surface area contributed by atoms with Crippen LogP contribution in [0.25, 0.3) is 0 Å². The van der Waals surface area contributed by atoms with Gasteiger partial charge in [-0.05, 0) is 25.5 Å². The van der Waals surface area contributed by atoms with Gasteiger partial charge in [-0.3, -0.25) is 4.79 Å². The maximum absolute atomic E-state index is 11.6. The maximum atomic E-state index is 11.6. The van der Waals surface area contributed by atoms with E-state index >= 15 is 0 Å². The lowest BCUT2D eigenvalue weighted by Gasteiger charge is -2.30. The molecule has 0 aliphatic rings. The van der Waals surface area contributed by atoms with Crippen LogP contribution in [0.5, 0.6) is 0 Å². The lowest BCUT2D eigenvalue weighted by Crippen LogP contribution is -2.47. The minimum atomic E-state index is -1.35. The van der Waals surface area contributed by atoms with Crippen LogP contribution >= 0.6 is 0 Å². The monoisotopic (exact) mass is 265 g/mol. The van der Waals surface area contributed by atoms with Crippen molar-refractivity contribution in [2.45, 2.75) is 32.4 Å². The van der Waals surface area contributed by atoms with Crippen molar-refractivity contribution >= 4 is 18.1 Å². The first-order chi connectivity index (χ1) is 9.15. The molecule has 0 fully saturated rings. The largest absolute Gasteiger partial charge is 0.464 e. The van der Waals surface area contributed by atoms with Crippen molar-refractivity contribution in [1.29, 1.82) is 0 Å². The van der Waals surface area contributed by atoms with Gasteiger partial charge in [0.25, 0.3) is 0 Å². The number of benzene rings is 1. The Morgan fingerprint density at radius 1 is 1.37 bits per heavy atom. The molecule has 0 aromatic heterocycles. The lowest BCUT2D eigenvalue weighted by molar-refractivity contribution is -0.154. The summed E-state index contributed by atoms with van der Waals surface area (Å²) in [4.78, 5) is 24.2. The molecular formula is C14H19NO4. The van der Waals surface area contributed by atoms with Gasteiger partial charge in [-0.25, -0.2) is 4.79 Å². The van der Waals surface area contributed by atoms with E-state index in [4.69, 9.17) is 4.74 Å². The number of nitrogens with zero attached hydrogens (tertiary/aromatic N) is 1. The van der Waals surface area contributed by atoms with Gasteiger partial charge in [0.2, 0.25) is 6.41 Å². The summed E-state index contributed by atoms with van der Waals surface area (Å²) in [5, 5.41) is 10.00. The van der Waals surface area contributed by atoms with Gasteiger partial charge in [0.1, 0.15) is 0 Å². The minimum absolute atomic E-state index is 0.193. The number of anilines is 1. The average Bonchev–Trinajstić information content (AvgIpc) is 2.45. The second-order valence-electron chi connectivity index (χ2n) is 4.02. The Morgan fingerprint density at radius 2 is 2.00 bits per heavy atom. The Labute approximate surface area is 112 Å². The number of rotatable bonds is 7. The minimum Gasteiger partial charge on any atom is -0.464 e. The molecule has 2 unspecified atom stereocenters. The molecule has 0 radical (unpaired) electrons. The van der Waals surface area contributed by atoms with E-state index < -0.39 is 18.1 Å². The van der Waals surface area contributed by atoms with E-state index in [1.54, 1.807) is 38.1 Å². The molecule has 5 nitrogen and oxygen atoms in total. The molecule has 1 aromatic carbocycles. The van der Waals surface area contributed by atoms with Gasteiger partial charge < -0.3 is 14.7 Å². The zero-order valence-corrected chi connectivity index (χ0v) is 11.2. The average molecular weight is 265 g/mol. The molecular weight excluding hydrogens is 246 g/mol.